The maximum atomic E-state index is 13.5. The molecule has 7 heteroatoms. The van der Waals surface area contributed by atoms with Gasteiger partial charge in [-0.3, -0.25) is 10.1 Å². The second-order valence-electron chi connectivity index (χ2n) is 4.49. The topological polar surface area (TPSA) is 64.4 Å². The van der Waals surface area contributed by atoms with Crippen LogP contribution in [-0.4, -0.2) is 24.7 Å². The van der Waals surface area contributed by atoms with E-state index in [1.54, 1.807) is 7.11 Å². The molecule has 0 saturated heterocycles. The van der Waals surface area contributed by atoms with Crippen molar-refractivity contribution in [1.82, 2.24) is 0 Å². The van der Waals surface area contributed by atoms with Gasteiger partial charge in [0, 0.05) is 19.2 Å². The molecule has 0 heterocycles. The first-order chi connectivity index (χ1) is 8.86. The van der Waals surface area contributed by atoms with Gasteiger partial charge >= 0.3 is 0 Å². The van der Waals surface area contributed by atoms with Gasteiger partial charge in [0.1, 0.15) is 11.5 Å². The van der Waals surface area contributed by atoms with Crippen molar-refractivity contribution in [1.29, 1.82) is 0 Å². The minimum absolute atomic E-state index is 0.0672. The van der Waals surface area contributed by atoms with E-state index in [1.165, 1.54) is 0 Å². The predicted molar refractivity (Wildman–Crippen MR) is 74.9 cm³/mol. The smallest absolute Gasteiger partial charge is 0.293 e. The van der Waals surface area contributed by atoms with Crippen molar-refractivity contribution < 1.29 is 14.1 Å². The maximum absolute atomic E-state index is 13.5. The number of hydrogen-bond acceptors (Lipinski definition) is 4. The van der Waals surface area contributed by atoms with Crippen LogP contribution in [0, 0.1) is 21.8 Å². The second-order valence-corrected chi connectivity index (χ2v) is 5.35. The molecule has 0 fully saturated rings. The molecule has 1 unspecified atom stereocenters. The summed E-state index contributed by atoms with van der Waals surface area (Å²) in [4.78, 5) is 10.4. The monoisotopic (exact) mass is 334 g/mol. The third-order valence-corrected chi connectivity index (χ3v) is 3.33. The predicted octanol–water partition coefficient (Wildman–Crippen LogP) is 3.58. The largest absolute Gasteiger partial charge is 0.383 e. The zero-order chi connectivity index (χ0) is 14.6. The minimum Gasteiger partial charge on any atom is -0.383 e. The summed E-state index contributed by atoms with van der Waals surface area (Å²) in [5.74, 6) is -0.362. The molecule has 1 aromatic carbocycles. The third-order valence-electron chi connectivity index (χ3n) is 2.73. The summed E-state index contributed by atoms with van der Waals surface area (Å²) in [7, 11) is 1.55. The molecular weight excluding hydrogens is 319 g/mol. The summed E-state index contributed by atoms with van der Waals surface area (Å²) in [5.41, 5.74) is -0.0171. The maximum Gasteiger partial charge on any atom is 0.293 e. The van der Waals surface area contributed by atoms with Crippen LogP contribution in [-0.2, 0) is 4.74 Å². The highest BCUT2D eigenvalue weighted by Gasteiger charge is 2.21. The molecule has 0 amide bonds. The lowest BCUT2D eigenvalue weighted by Gasteiger charge is -2.22. The van der Waals surface area contributed by atoms with Gasteiger partial charge in [-0.1, -0.05) is 13.8 Å². The van der Waals surface area contributed by atoms with Crippen molar-refractivity contribution in [2.75, 3.05) is 19.0 Å². The fourth-order valence-electron chi connectivity index (χ4n) is 1.58. The first kappa shape index (κ1) is 15.8. The minimum atomic E-state index is -0.548. The van der Waals surface area contributed by atoms with Crippen LogP contribution in [0.15, 0.2) is 16.6 Å². The van der Waals surface area contributed by atoms with Gasteiger partial charge in [-0.05, 0) is 21.8 Å². The van der Waals surface area contributed by atoms with Crippen molar-refractivity contribution in [2.45, 2.75) is 19.9 Å². The lowest BCUT2D eigenvalue weighted by atomic mass is 10.0. The average molecular weight is 335 g/mol. The Hall–Kier alpha value is -1.21. The van der Waals surface area contributed by atoms with Gasteiger partial charge in [0.15, 0.2) is 0 Å². The molecule has 0 spiro atoms. The standard InChI is InChI=1S/C12H16BrFN2O3/c1-7(2)11(6-19-3)15-10-5-9(14)8(13)4-12(10)16(17)18/h4-5,7,11,15H,6H2,1-3H3. The van der Waals surface area contributed by atoms with Crippen LogP contribution in [0.3, 0.4) is 0 Å². The van der Waals surface area contributed by atoms with E-state index in [1.807, 2.05) is 13.8 Å². The van der Waals surface area contributed by atoms with Gasteiger partial charge in [-0.25, -0.2) is 4.39 Å². The number of hydrogen-bond donors (Lipinski definition) is 1. The summed E-state index contributed by atoms with van der Waals surface area (Å²) in [5, 5.41) is 14.0. The van der Waals surface area contributed by atoms with E-state index in [4.69, 9.17) is 4.74 Å². The van der Waals surface area contributed by atoms with Gasteiger partial charge in [0.2, 0.25) is 0 Å². The number of benzene rings is 1. The fraction of sp³-hybridized carbons (Fsp3) is 0.500. The quantitative estimate of drug-likeness (QED) is 0.637. The Morgan fingerprint density at radius 2 is 2.16 bits per heavy atom. The number of nitro groups is 1. The van der Waals surface area contributed by atoms with Crippen molar-refractivity contribution in [3.8, 4) is 0 Å². The molecule has 106 valence electrons. The third kappa shape index (κ3) is 4.14. The molecule has 19 heavy (non-hydrogen) atoms. The lowest BCUT2D eigenvalue weighted by Crippen LogP contribution is -2.30. The Bertz CT molecular complexity index is 469. The fourth-order valence-corrected chi connectivity index (χ4v) is 1.91. The molecular formula is C12H16BrFN2O3. The number of rotatable bonds is 6. The number of nitrogens with zero attached hydrogens (tertiary/aromatic N) is 1. The first-order valence-corrected chi connectivity index (χ1v) is 6.55. The molecule has 5 nitrogen and oxygen atoms in total. The van der Waals surface area contributed by atoms with Crippen LogP contribution in [0.1, 0.15) is 13.8 Å². The zero-order valence-corrected chi connectivity index (χ0v) is 12.5. The van der Waals surface area contributed by atoms with Crippen LogP contribution in [0.25, 0.3) is 0 Å². The Labute approximate surface area is 119 Å². The Balaban J connectivity index is 3.10. The van der Waals surface area contributed by atoms with Gasteiger partial charge in [-0.15, -0.1) is 0 Å². The highest BCUT2D eigenvalue weighted by atomic mass is 79.9. The summed E-state index contributed by atoms with van der Waals surface area (Å²) < 4.78 is 18.6. The van der Waals surface area contributed by atoms with E-state index < -0.39 is 10.7 Å². The molecule has 0 aliphatic carbocycles. The number of halogens is 2. The van der Waals surface area contributed by atoms with E-state index in [9.17, 15) is 14.5 Å². The van der Waals surface area contributed by atoms with Crippen molar-refractivity contribution in [2.24, 2.45) is 5.92 Å². The Kier molecular flexibility index (Phi) is 5.68. The summed E-state index contributed by atoms with van der Waals surface area (Å²) in [6.45, 7) is 4.29. The van der Waals surface area contributed by atoms with E-state index in [-0.39, 0.29) is 27.8 Å². The van der Waals surface area contributed by atoms with Crippen LogP contribution < -0.4 is 5.32 Å². The molecule has 0 bridgehead atoms. The van der Waals surface area contributed by atoms with Crippen molar-refractivity contribution in [3.63, 3.8) is 0 Å². The van der Waals surface area contributed by atoms with E-state index in [2.05, 4.69) is 21.2 Å². The molecule has 0 aromatic heterocycles. The molecule has 1 rings (SSSR count). The van der Waals surface area contributed by atoms with Crippen LogP contribution in [0.5, 0.6) is 0 Å². The highest BCUT2D eigenvalue weighted by molar-refractivity contribution is 9.10. The van der Waals surface area contributed by atoms with Gasteiger partial charge in [-0.2, -0.15) is 0 Å². The molecule has 0 aliphatic heterocycles. The Morgan fingerprint density at radius 3 is 2.63 bits per heavy atom. The van der Waals surface area contributed by atoms with Crippen molar-refractivity contribution >= 4 is 27.3 Å². The molecule has 0 aliphatic rings. The molecule has 1 atom stereocenters. The molecule has 0 saturated carbocycles. The second kappa shape index (κ2) is 6.81. The normalized spacial score (nSPS) is 12.5. The van der Waals surface area contributed by atoms with Crippen molar-refractivity contribution in [3.05, 3.63) is 32.5 Å². The summed E-state index contributed by atoms with van der Waals surface area (Å²) >= 11 is 2.94. The zero-order valence-electron chi connectivity index (χ0n) is 10.9. The van der Waals surface area contributed by atoms with Gasteiger partial charge < -0.3 is 10.1 Å². The van der Waals surface area contributed by atoms with E-state index in [0.717, 1.165) is 12.1 Å². The van der Waals surface area contributed by atoms with Gasteiger partial charge in [0.05, 0.1) is 22.0 Å². The van der Waals surface area contributed by atoms with Crippen LogP contribution in [0.2, 0.25) is 0 Å². The lowest BCUT2D eigenvalue weighted by molar-refractivity contribution is -0.384. The number of ether oxygens (including phenoxy) is 1. The number of nitro benzene ring substituents is 1. The number of anilines is 1. The van der Waals surface area contributed by atoms with E-state index in [0.29, 0.717) is 6.61 Å². The highest BCUT2D eigenvalue weighted by Crippen LogP contribution is 2.31. The van der Waals surface area contributed by atoms with Crippen LogP contribution in [0.4, 0.5) is 15.8 Å². The summed E-state index contributed by atoms with van der Waals surface area (Å²) in [6, 6.07) is 2.14. The molecule has 1 N–H and O–H groups in total. The number of nitrogens with one attached hydrogen (secondary N) is 1. The first-order valence-electron chi connectivity index (χ1n) is 5.75. The average Bonchev–Trinajstić information content (AvgIpc) is 2.32. The number of methoxy groups -OCH3 is 1. The van der Waals surface area contributed by atoms with Gasteiger partial charge in [0.25, 0.3) is 5.69 Å². The SMILES string of the molecule is COCC(Nc1cc(F)c(Br)cc1[N+](=O)[O-])C(C)C. The molecule has 0 radical (unpaired) electrons. The summed E-state index contributed by atoms with van der Waals surface area (Å²) in [6.07, 6.45) is 0. The van der Waals surface area contributed by atoms with Crippen LogP contribution >= 0.6 is 15.9 Å². The Morgan fingerprint density at radius 1 is 1.53 bits per heavy atom. The molecule has 1 aromatic rings. The van der Waals surface area contributed by atoms with E-state index >= 15 is 0 Å².